The summed E-state index contributed by atoms with van der Waals surface area (Å²) in [6.07, 6.45) is 5.35. The Balaban J connectivity index is 1.73. The number of aryl methyl sites for hydroxylation is 1. The van der Waals surface area contributed by atoms with Crippen LogP contribution in [0.15, 0.2) is 48.5 Å². The van der Waals surface area contributed by atoms with E-state index in [0.29, 0.717) is 5.69 Å². The first kappa shape index (κ1) is 20.3. The number of hydrogen-bond donors (Lipinski definition) is 3. The van der Waals surface area contributed by atoms with Gasteiger partial charge in [0.25, 0.3) is 0 Å². The summed E-state index contributed by atoms with van der Waals surface area (Å²) in [6.45, 7) is 1.96. The lowest BCUT2D eigenvalue weighted by Gasteiger charge is -2.31. The molecule has 0 spiro atoms. The predicted octanol–water partition coefficient (Wildman–Crippen LogP) is 5.01. The van der Waals surface area contributed by atoms with Gasteiger partial charge in [-0.05, 0) is 61.7 Å². The highest BCUT2D eigenvalue weighted by molar-refractivity contribution is 7.80. The zero-order valence-electron chi connectivity index (χ0n) is 16.0. The molecule has 1 saturated carbocycles. The molecule has 1 amide bonds. The van der Waals surface area contributed by atoms with Crippen molar-refractivity contribution in [3.63, 3.8) is 0 Å². The van der Waals surface area contributed by atoms with Crippen LogP contribution in [0.3, 0.4) is 0 Å². The van der Waals surface area contributed by atoms with E-state index in [-0.39, 0.29) is 22.8 Å². The fourth-order valence-corrected chi connectivity index (χ4v) is 3.89. The zero-order valence-corrected chi connectivity index (χ0v) is 16.8. The van der Waals surface area contributed by atoms with Crippen LogP contribution < -0.4 is 16.0 Å². The lowest BCUT2D eigenvalue weighted by Crippen LogP contribution is -2.50. The zero-order chi connectivity index (χ0) is 19.9. The largest absolute Gasteiger partial charge is 0.350 e. The lowest BCUT2D eigenvalue weighted by molar-refractivity contribution is -0.119. The average Bonchev–Trinajstić information content (AvgIpc) is 2.70. The third kappa shape index (κ3) is 5.29. The number of carbonyl (C=O) groups is 1. The summed E-state index contributed by atoms with van der Waals surface area (Å²) in [4.78, 5) is 13.1. The maximum atomic E-state index is 13.9. The Morgan fingerprint density at radius 1 is 1.00 bits per heavy atom. The molecule has 148 valence electrons. The standard InChI is InChI=1S/C22H26FN3OS/c1-15-9-5-7-13-18(15)24-21(27)20(16-10-3-2-4-11-16)26-22(28)25-19-14-8-6-12-17(19)23/h5-9,12-14,16,20H,2-4,10-11H2,1H3,(H,24,27)(H2,25,26,28). The van der Waals surface area contributed by atoms with Gasteiger partial charge in [-0.1, -0.05) is 49.6 Å². The van der Waals surface area contributed by atoms with Gasteiger partial charge in [-0.3, -0.25) is 4.79 Å². The third-order valence-corrected chi connectivity index (χ3v) is 5.44. The molecule has 3 rings (SSSR count). The average molecular weight is 400 g/mol. The Morgan fingerprint density at radius 2 is 1.64 bits per heavy atom. The molecule has 0 aromatic heterocycles. The molecule has 3 N–H and O–H groups in total. The van der Waals surface area contributed by atoms with Crippen molar-refractivity contribution in [3.05, 3.63) is 59.9 Å². The van der Waals surface area contributed by atoms with Crippen LogP contribution in [0.25, 0.3) is 0 Å². The van der Waals surface area contributed by atoms with Crippen LogP contribution >= 0.6 is 12.2 Å². The molecule has 0 bridgehead atoms. The first-order valence-electron chi connectivity index (χ1n) is 9.73. The summed E-state index contributed by atoms with van der Waals surface area (Å²) in [5.74, 6) is -0.303. The van der Waals surface area contributed by atoms with E-state index in [9.17, 15) is 9.18 Å². The van der Waals surface area contributed by atoms with E-state index in [0.717, 1.165) is 36.9 Å². The van der Waals surface area contributed by atoms with Crippen molar-refractivity contribution in [2.45, 2.75) is 45.1 Å². The van der Waals surface area contributed by atoms with E-state index in [1.54, 1.807) is 18.2 Å². The molecular formula is C22H26FN3OS. The Kier molecular flexibility index (Phi) is 6.98. The molecule has 0 radical (unpaired) electrons. The van der Waals surface area contributed by atoms with Gasteiger partial charge in [0, 0.05) is 5.69 Å². The van der Waals surface area contributed by atoms with Crippen LogP contribution in [0.4, 0.5) is 15.8 Å². The molecule has 0 saturated heterocycles. The Hall–Kier alpha value is -2.47. The van der Waals surface area contributed by atoms with Crippen LogP contribution in [0.5, 0.6) is 0 Å². The van der Waals surface area contributed by atoms with Crippen molar-refractivity contribution in [3.8, 4) is 0 Å². The number of hydrogen-bond acceptors (Lipinski definition) is 2. The van der Waals surface area contributed by atoms with Crippen molar-refractivity contribution in [2.75, 3.05) is 10.6 Å². The summed E-state index contributed by atoms with van der Waals surface area (Å²) >= 11 is 5.38. The van der Waals surface area contributed by atoms with E-state index in [4.69, 9.17) is 12.2 Å². The van der Waals surface area contributed by atoms with Gasteiger partial charge in [-0.15, -0.1) is 0 Å². The summed E-state index contributed by atoms with van der Waals surface area (Å²) in [5, 5.41) is 9.29. The summed E-state index contributed by atoms with van der Waals surface area (Å²) < 4.78 is 13.9. The van der Waals surface area contributed by atoms with Crippen molar-refractivity contribution < 1.29 is 9.18 Å². The lowest BCUT2D eigenvalue weighted by atomic mass is 9.83. The van der Waals surface area contributed by atoms with Crippen molar-refractivity contribution in [1.82, 2.24) is 5.32 Å². The van der Waals surface area contributed by atoms with Crippen LogP contribution in [0.2, 0.25) is 0 Å². The monoisotopic (exact) mass is 399 g/mol. The van der Waals surface area contributed by atoms with Crippen LogP contribution in [-0.4, -0.2) is 17.1 Å². The van der Waals surface area contributed by atoms with Gasteiger partial charge in [-0.2, -0.15) is 0 Å². The number of anilines is 2. The minimum absolute atomic E-state index is 0.112. The Bertz CT molecular complexity index is 836. The fourth-order valence-electron chi connectivity index (χ4n) is 3.65. The van der Waals surface area contributed by atoms with Crippen molar-refractivity contribution >= 4 is 34.6 Å². The Morgan fingerprint density at radius 3 is 2.32 bits per heavy atom. The second-order valence-electron chi connectivity index (χ2n) is 7.26. The molecule has 0 aliphatic heterocycles. The van der Waals surface area contributed by atoms with Crippen LogP contribution in [-0.2, 0) is 4.79 Å². The summed E-state index contributed by atoms with van der Waals surface area (Å²) in [5.41, 5.74) is 2.09. The number of nitrogens with one attached hydrogen (secondary N) is 3. The topological polar surface area (TPSA) is 53.2 Å². The van der Waals surface area contributed by atoms with Gasteiger partial charge in [-0.25, -0.2) is 4.39 Å². The van der Waals surface area contributed by atoms with E-state index >= 15 is 0 Å². The van der Waals surface area contributed by atoms with Gasteiger partial charge in [0.05, 0.1) is 5.69 Å². The van der Waals surface area contributed by atoms with Gasteiger partial charge in [0.2, 0.25) is 5.91 Å². The quantitative estimate of drug-likeness (QED) is 0.619. The van der Waals surface area contributed by atoms with E-state index in [2.05, 4.69) is 16.0 Å². The molecule has 1 fully saturated rings. The number of carbonyl (C=O) groups excluding carboxylic acids is 1. The van der Waals surface area contributed by atoms with Gasteiger partial charge >= 0.3 is 0 Å². The van der Waals surface area contributed by atoms with E-state index in [1.165, 1.54) is 12.5 Å². The number of thiocarbonyl (C=S) groups is 1. The first-order valence-corrected chi connectivity index (χ1v) is 10.1. The molecule has 6 heteroatoms. The molecule has 4 nitrogen and oxygen atoms in total. The summed E-state index contributed by atoms with van der Waals surface area (Å²) in [7, 11) is 0. The van der Waals surface area contributed by atoms with Crippen molar-refractivity contribution in [2.24, 2.45) is 5.92 Å². The number of halogens is 1. The molecule has 1 atom stereocenters. The molecule has 2 aromatic carbocycles. The fraction of sp³-hybridized carbons (Fsp3) is 0.364. The number of amides is 1. The van der Waals surface area contributed by atoms with Crippen LogP contribution in [0.1, 0.15) is 37.7 Å². The third-order valence-electron chi connectivity index (χ3n) is 5.22. The highest BCUT2D eigenvalue weighted by atomic mass is 32.1. The summed E-state index contributed by atoms with van der Waals surface area (Å²) in [6, 6.07) is 13.6. The van der Waals surface area contributed by atoms with E-state index < -0.39 is 6.04 Å². The number of benzene rings is 2. The smallest absolute Gasteiger partial charge is 0.247 e. The van der Waals surface area contributed by atoms with E-state index in [1.807, 2.05) is 31.2 Å². The molecule has 28 heavy (non-hydrogen) atoms. The van der Waals surface area contributed by atoms with Gasteiger partial charge in [0.1, 0.15) is 11.9 Å². The van der Waals surface area contributed by atoms with Crippen molar-refractivity contribution in [1.29, 1.82) is 0 Å². The first-order chi connectivity index (χ1) is 13.5. The molecule has 1 aliphatic rings. The predicted molar refractivity (Wildman–Crippen MR) is 116 cm³/mol. The minimum atomic E-state index is -0.466. The molecule has 2 aromatic rings. The highest BCUT2D eigenvalue weighted by Gasteiger charge is 2.30. The highest BCUT2D eigenvalue weighted by Crippen LogP contribution is 2.27. The van der Waals surface area contributed by atoms with Gasteiger partial charge in [0.15, 0.2) is 5.11 Å². The molecule has 0 heterocycles. The maximum Gasteiger partial charge on any atom is 0.247 e. The van der Waals surface area contributed by atoms with Gasteiger partial charge < -0.3 is 16.0 Å². The maximum absolute atomic E-state index is 13.9. The Labute approximate surface area is 170 Å². The number of rotatable bonds is 5. The second-order valence-corrected chi connectivity index (χ2v) is 7.67. The normalized spacial score (nSPS) is 15.5. The molecular weight excluding hydrogens is 373 g/mol. The molecule has 1 aliphatic carbocycles. The van der Waals surface area contributed by atoms with Crippen LogP contribution in [0, 0.1) is 18.7 Å². The molecule has 1 unspecified atom stereocenters. The second kappa shape index (κ2) is 9.64. The number of para-hydroxylation sites is 2. The SMILES string of the molecule is Cc1ccccc1NC(=O)C(NC(=S)Nc1ccccc1F)C1CCCCC1. The minimum Gasteiger partial charge on any atom is -0.350 e.